The molecule has 0 aromatic heterocycles. The number of urea groups is 1. The van der Waals surface area contributed by atoms with Crippen LogP contribution in [-0.4, -0.2) is 62.6 Å². The molecular weight excluding hydrogens is 294 g/mol. The highest BCUT2D eigenvalue weighted by molar-refractivity contribution is 8.00. The van der Waals surface area contributed by atoms with Gasteiger partial charge in [0.05, 0.1) is 5.37 Å². The van der Waals surface area contributed by atoms with Gasteiger partial charge in [0, 0.05) is 12.3 Å². The zero-order valence-electron chi connectivity index (χ0n) is 12.2. The first-order chi connectivity index (χ1) is 9.84. The Morgan fingerprint density at radius 1 is 1.29 bits per heavy atom. The molecular formula is C13H21N3O4S. The molecule has 0 spiro atoms. The maximum atomic E-state index is 12.8. The molecule has 2 fully saturated rings. The monoisotopic (exact) mass is 315 g/mol. The van der Waals surface area contributed by atoms with Crippen LogP contribution in [0.5, 0.6) is 0 Å². The molecule has 2 saturated heterocycles. The summed E-state index contributed by atoms with van der Waals surface area (Å²) in [6.45, 7) is 4.36. The van der Waals surface area contributed by atoms with Crippen LogP contribution in [0.4, 0.5) is 4.79 Å². The molecule has 2 aliphatic heterocycles. The lowest BCUT2D eigenvalue weighted by Crippen LogP contribution is -2.55. The summed E-state index contributed by atoms with van der Waals surface area (Å²) >= 11 is 1.47. The lowest BCUT2D eigenvalue weighted by atomic mass is 10.1. The zero-order valence-corrected chi connectivity index (χ0v) is 13.0. The van der Waals surface area contributed by atoms with Crippen molar-refractivity contribution < 1.29 is 19.5 Å². The van der Waals surface area contributed by atoms with Crippen LogP contribution in [-0.2, 0) is 9.59 Å². The molecule has 118 valence electrons. The van der Waals surface area contributed by atoms with E-state index in [0.29, 0.717) is 25.1 Å². The maximum Gasteiger partial charge on any atom is 0.327 e. The normalized spacial score (nSPS) is 29.2. The Bertz CT molecular complexity index is 457. The number of hydrogen-bond donors (Lipinski definition) is 2. The first-order valence-electron chi connectivity index (χ1n) is 7.07. The Kier molecular flexibility index (Phi) is 4.65. The van der Waals surface area contributed by atoms with Crippen LogP contribution in [0.3, 0.4) is 0 Å². The van der Waals surface area contributed by atoms with Gasteiger partial charge in [-0.15, -0.1) is 11.8 Å². The van der Waals surface area contributed by atoms with Gasteiger partial charge in [-0.2, -0.15) is 0 Å². The van der Waals surface area contributed by atoms with Crippen molar-refractivity contribution in [1.29, 1.82) is 0 Å². The number of hydrogen-bond acceptors (Lipinski definition) is 4. The number of thioether (sulfide) groups is 1. The summed E-state index contributed by atoms with van der Waals surface area (Å²) in [7, 11) is 0. The number of amides is 3. The van der Waals surface area contributed by atoms with E-state index in [0.717, 1.165) is 0 Å². The number of nitrogens with zero attached hydrogens (tertiary/aromatic N) is 2. The van der Waals surface area contributed by atoms with Crippen molar-refractivity contribution in [1.82, 2.24) is 9.80 Å². The van der Waals surface area contributed by atoms with Crippen LogP contribution in [0.1, 0.15) is 26.7 Å². The second kappa shape index (κ2) is 6.13. The van der Waals surface area contributed by atoms with E-state index >= 15 is 0 Å². The largest absolute Gasteiger partial charge is 0.480 e. The Morgan fingerprint density at radius 2 is 1.95 bits per heavy atom. The third kappa shape index (κ3) is 2.95. The molecule has 0 aliphatic carbocycles. The average Bonchev–Trinajstić information content (AvgIpc) is 3.04. The van der Waals surface area contributed by atoms with Crippen LogP contribution in [0.25, 0.3) is 0 Å². The molecule has 8 heteroatoms. The molecule has 2 heterocycles. The molecule has 2 rings (SSSR count). The molecule has 0 bridgehead atoms. The van der Waals surface area contributed by atoms with Crippen LogP contribution < -0.4 is 5.73 Å². The summed E-state index contributed by atoms with van der Waals surface area (Å²) < 4.78 is 0. The van der Waals surface area contributed by atoms with E-state index in [1.54, 1.807) is 0 Å². The summed E-state index contributed by atoms with van der Waals surface area (Å²) in [5.74, 6) is -1.02. The molecule has 0 saturated carbocycles. The van der Waals surface area contributed by atoms with Crippen molar-refractivity contribution in [2.45, 2.75) is 44.1 Å². The first kappa shape index (κ1) is 15.9. The van der Waals surface area contributed by atoms with Crippen LogP contribution >= 0.6 is 11.8 Å². The minimum atomic E-state index is -1.01. The Morgan fingerprint density at radius 3 is 2.48 bits per heavy atom. The van der Waals surface area contributed by atoms with Crippen molar-refractivity contribution in [3.63, 3.8) is 0 Å². The van der Waals surface area contributed by atoms with Crippen LogP contribution in [0.15, 0.2) is 0 Å². The second-order valence-corrected chi connectivity index (χ2v) is 6.92. The zero-order chi connectivity index (χ0) is 15.7. The number of aliphatic carboxylic acids is 1. The number of likely N-dealkylation sites (tertiary alicyclic amines) is 1. The number of nitrogens with two attached hydrogens (primary N) is 1. The Hall–Kier alpha value is -1.44. The predicted molar refractivity (Wildman–Crippen MR) is 78.7 cm³/mol. The van der Waals surface area contributed by atoms with E-state index in [4.69, 9.17) is 5.73 Å². The molecule has 0 aromatic rings. The van der Waals surface area contributed by atoms with Gasteiger partial charge in [-0.1, -0.05) is 13.8 Å². The van der Waals surface area contributed by atoms with Crippen molar-refractivity contribution in [3.05, 3.63) is 0 Å². The summed E-state index contributed by atoms with van der Waals surface area (Å²) in [4.78, 5) is 38.5. The first-order valence-corrected chi connectivity index (χ1v) is 8.12. The highest BCUT2D eigenvalue weighted by Crippen LogP contribution is 2.36. The van der Waals surface area contributed by atoms with Gasteiger partial charge in [0.15, 0.2) is 0 Å². The standard InChI is InChI=1S/C13H21N3O4S/c1-7(2)11-16(9(6-21-11)12(18)19)13(20)15-5-3-4-8(15)10(14)17/h7-9,11H,3-6H2,1-2H3,(H2,14,17)(H,18,19). The fourth-order valence-corrected chi connectivity index (χ4v) is 4.38. The predicted octanol–water partition coefficient (Wildman–Crippen LogP) is 0.540. The lowest BCUT2D eigenvalue weighted by Gasteiger charge is -2.34. The molecule has 0 radical (unpaired) electrons. The van der Waals surface area contributed by atoms with E-state index < -0.39 is 24.0 Å². The molecule has 2 aliphatic rings. The van der Waals surface area contributed by atoms with Gasteiger partial charge in [-0.05, 0) is 18.8 Å². The van der Waals surface area contributed by atoms with Crippen molar-refractivity contribution in [3.8, 4) is 0 Å². The van der Waals surface area contributed by atoms with Gasteiger partial charge in [-0.25, -0.2) is 9.59 Å². The van der Waals surface area contributed by atoms with Gasteiger partial charge in [-0.3, -0.25) is 9.69 Å². The molecule has 3 unspecified atom stereocenters. The molecule has 0 aromatic carbocycles. The van der Waals surface area contributed by atoms with Gasteiger partial charge >= 0.3 is 12.0 Å². The highest BCUT2D eigenvalue weighted by Gasteiger charge is 2.46. The van der Waals surface area contributed by atoms with Crippen LogP contribution in [0.2, 0.25) is 0 Å². The van der Waals surface area contributed by atoms with E-state index in [1.165, 1.54) is 21.6 Å². The van der Waals surface area contributed by atoms with Gasteiger partial charge in [0.1, 0.15) is 12.1 Å². The van der Waals surface area contributed by atoms with Gasteiger partial charge in [0.2, 0.25) is 5.91 Å². The number of carbonyl (C=O) groups excluding carboxylic acids is 2. The van der Waals surface area contributed by atoms with E-state index in [-0.39, 0.29) is 17.3 Å². The molecule has 21 heavy (non-hydrogen) atoms. The van der Waals surface area contributed by atoms with E-state index in [1.807, 2.05) is 13.8 Å². The Labute approximate surface area is 127 Å². The fourth-order valence-electron chi connectivity index (χ4n) is 2.91. The number of carboxylic acid groups (broad SMARTS) is 1. The van der Waals surface area contributed by atoms with Crippen molar-refractivity contribution >= 4 is 29.7 Å². The quantitative estimate of drug-likeness (QED) is 0.791. The lowest BCUT2D eigenvalue weighted by molar-refractivity contribution is -0.141. The third-order valence-electron chi connectivity index (χ3n) is 3.94. The number of carboxylic acids is 1. The van der Waals surface area contributed by atoms with E-state index in [2.05, 4.69) is 0 Å². The van der Waals surface area contributed by atoms with Crippen LogP contribution in [0, 0.1) is 5.92 Å². The molecule has 3 amide bonds. The smallest absolute Gasteiger partial charge is 0.327 e. The third-order valence-corrected chi connectivity index (χ3v) is 5.56. The fraction of sp³-hybridized carbons (Fsp3) is 0.769. The molecule has 3 N–H and O–H groups in total. The van der Waals surface area contributed by atoms with Crippen molar-refractivity contribution in [2.75, 3.05) is 12.3 Å². The molecule has 3 atom stereocenters. The highest BCUT2D eigenvalue weighted by atomic mass is 32.2. The minimum absolute atomic E-state index is 0.137. The number of rotatable bonds is 3. The summed E-state index contributed by atoms with van der Waals surface area (Å²) in [5.41, 5.74) is 5.34. The minimum Gasteiger partial charge on any atom is -0.480 e. The topological polar surface area (TPSA) is 104 Å². The van der Waals surface area contributed by atoms with Gasteiger partial charge in [0.25, 0.3) is 0 Å². The summed E-state index contributed by atoms with van der Waals surface area (Å²) in [5, 5.41) is 9.15. The summed E-state index contributed by atoms with van der Waals surface area (Å²) in [6.07, 6.45) is 1.26. The second-order valence-electron chi connectivity index (χ2n) is 5.77. The van der Waals surface area contributed by atoms with Gasteiger partial charge < -0.3 is 15.7 Å². The summed E-state index contributed by atoms with van der Waals surface area (Å²) in [6, 6.07) is -1.85. The Balaban J connectivity index is 2.24. The average molecular weight is 315 g/mol. The molecule has 7 nitrogen and oxygen atoms in total. The number of carbonyl (C=O) groups is 3. The van der Waals surface area contributed by atoms with E-state index in [9.17, 15) is 19.5 Å². The maximum absolute atomic E-state index is 12.8. The number of primary amides is 1. The van der Waals surface area contributed by atoms with Crippen molar-refractivity contribution in [2.24, 2.45) is 11.7 Å². The SMILES string of the molecule is CC(C)C1SCC(C(=O)O)N1C(=O)N1CCCC1C(N)=O.